The number of hydrogen-bond donors (Lipinski definition) is 2. The van der Waals surface area contributed by atoms with Gasteiger partial charge in [0.25, 0.3) is 0 Å². The molecule has 1 aromatic carbocycles. The second-order valence-corrected chi connectivity index (χ2v) is 6.12. The zero-order valence-electron chi connectivity index (χ0n) is 13.5. The summed E-state index contributed by atoms with van der Waals surface area (Å²) in [5, 5.41) is 12.3. The van der Waals surface area contributed by atoms with E-state index in [-0.39, 0.29) is 24.6 Å². The molecular weight excluding hydrogens is 278 g/mol. The van der Waals surface area contributed by atoms with Crippen LogP contribution in [0.15, 0.2) is 30.3 Å². The van der Waals surface area contributed by atoms with Crippen molar-refractivity contribution in [2.45, 2.75) is 25.8 Å². The Morgan fingerprint density at radius 3 is 2.86 bits per heavy atom. The van der Waals surface area contributed by atoms with Crippen molar-refractivity contribution in [3.63, 3.8) is 0 Å². The van der Waals surface area contributed by atoms with E-state index >= 15 is 0 Å². The summed E-state index contributed by atoms with van der Waals surface area (Å²) >= 11 is 0. The summed E-state index contributed by atoms with van der Waals surface area (Å²) < 4.78 is 0. The van der Waals surface area contributed by atoms with Crippen molar-refractivity contribution in [3.05, 3.63) is 30.3 Å². The second-order valence-electron chi connectivity index (χ2n) is 6.12. The van der Waals surface area contributed by atoms with E-state index < -0.39 is 0 Å². The van der Waals surface area contributed by atoms with E-state index in [0.29, 0.717) is 13.1 Å². The van der Waals surface area contributed by atoms with E-state index in [4.69, 9.17) is 0 Å². The summed E-state index contributed by atoms with van der Waals surface area (Å²) in [7, 11) is 2.04. The van der Waals surface area contributed by atoms with Gasteiger partial charge in [0, 0.05) is 45.0 Å². The first kappa shape index (κ1) is 16.6. The molecule has 0 radical (unpaired) electrons. The van der Waals surface area contributed by atoms with Gasteiger partial charge in [0.2, 0.25) is 0 Å². The molecule has 0 aromatic heterocycles. The van der Waals surface area contributed by atoms with Crippen LogP contribution >= 0.6 is 0 Å². The fourth-order valence-electron chi connectivity index (χ4n) is 2.80. The molecule has 0 spiro atoms. The van der Waals surface area contributed by atoms with Crippen molar-refractivity contribution >= 4 is 11.7 Å². The van der Waals surface area contributed by atoms with E-state index in [1.54, 1.807) is 0 Å². The SMILES string of the molecule is C[C@@H](CNC(=O)N1CCC[C@H](CO)C1)N(C)c1ccccc1. The summed E-state index contributed by atoms with van der Waals surface area (Å²) in [4.78, 5) is 16.2. The highest BCUT2D eigenvalue weighted by Gasteiger charge is 2.23. The number of likely N-dealkylation sites (N-methyl/N-ethyl adjacent to an activating group) is 1. The molecular formula is C17H27N3O2. The highest BCUT2D eigenvalue weighted by atomic mass is 16.3. The molecule has 5 heteroatoms. The Morgan fingerprint density at radius 2 is 2.18 bits per heavy atom. The largest absolute Gasteiger partial charge is 0.396 e. The lowest BCUT2D eigenvalue weighted by Crippen LogP contribution is -2.49. The lowest BCUT2D eigenvalue weighted by Gasteiger charge is -2.33. The van der Waals surface area contributed by atoms with E-state index in [2.05, 4.69) is 29.3 Å². The molecule has 1 aliphatic rings. The van der Waals surface area contributed by atoms with Crippen LogP contribution in [0.25, 0.3) is 0 Å². The average Bonchev–Trinajstić information content (AvgIpc) is 2.59. The number of rotatable bonds is 5. The maximum absolute atomic E-state index is 12.2. The molecule has 0 bridgehead atoms. The summed E-state index contributed by atoms with van der Waals surface area (Å²) in [6.45, 7) is 4.30. The first-order valence-electron chi connectivity index (χ1n) is 8.03. The first-order valence-corrected chi connectivity index (χ1v) is 8.03. The number of urea groups is 1. The van der Waals surface area contributed by atoms with Gasteiger partial charge in [-0.15, -0.1) is 0 Å². The molecule has 122 valence electrons. The maximum atomic E-state index is 12.2. The van der Waals surface area contributed by atoms with Crippen LogP contribution in [-0.4, -0.2) is 55.4 Å². The molecule has 2 amide bonds. The molecule has 2 N–H and O–H groups in total. The Morgan fingerprint density at radius 1 is 1.45 bits per heavy atom. The molecule has 2 rings (SSSR count). The van der Waals surface area contributed by atoms with Gasteiger partial charge >= 0.3 is 6.03 Å². The first-order chi connectivity index (χ1) is 10.6. The quantitative estimate of drug-likeness (QED) is 0.874. The van der Waals surface area contributed by atoms with Crippen LogP contribution in [0.5, 0.6) is 0 Å². The number of likely N-dealkylation sites (tertiary alicyclic amines) is 1. The van der Waals surface area contributed by atoms with Gasteiger partial charge in [-0.1, -0.05) is 18.2 Å². The minimum Gasteiger partial charge on any atom is -0.396 e. The summed E-state index contributed by atoms with van der Waals surface area (Å²) in [5.41, 5.74) is 1.14. The topological polar surface area (TPSA) is 55.8 Å². The van der Waals surface area contributed by atoms with Gasteiger partial charge in [0.05, 0.1) is 0 Å². The third-order valence-corrected chi connectivity index (χ3v) is 4.44. The Bertz CT molecular complexity index is 466. The Balaban J connectivity index is 1.80. The summed E-state index contributed by atoms with van der Waals surface area (Å²) in [6, 6.07) is 10.3. The van der Waals surface area contributed by atoms with Crippen molar-refractivity contribution < 1.29 is 9.90 Å². The normalized spacial score (nSPS) is 19.6. The van der Waals surface area contributed by atoms with Gasteiger partial charge in [-0.05, 0) is 37.8 Å². The summed E-state index contributed by atoms with van der Waals surface area (Å²) in [6.07, 6.45) is 1.98. The van der Waals surface area contributed by atoms with Crippen LogP contribution in [-0.2, 0) is 0 Å². The Labute approximate surface area is 132 Å². The molecule has 1 heterocycles. The Kier molecular flexibility index (Phi) is 6.07. The molecule has 1 fully saturated rings. The fraction of sp³-hybridized carbons (Fsp3) is 0.588. The zero-order chi connectivity index (χ0) is 15.9. The number of aliphatic hydroxyl groups excluding tert-OH is 1. The fourth-order valence-corrected chi connectivity index (χ4v) is 2.80. The number of piperidine rings is 1. The number of aliphatic hydroxyl groups is 1. The molecule has 0 saturated carbocycles. The van der Waals surface area contributed by atoms with E-state index in [9.17, 15) is 9.90 Å². The highest BCUT2D eigenvalue weighted by molar-refractivity contribution is 5.74. The van der Waals surface area contributed by atoms with Crippen molar-refractivity contribution in [1.29, 1.82) is 0 Å². The van der Waals surface area contributed by atoms with Crippen LogP contribution < -0.4 is 10.2 Å². The van der Waals surface area contributed by atoms with Crippen molar-refractivity contribution in [3.8, 4) is 0 Å². The molecule has 22 heavy (non-hydrogen) atoms. The van der Waals surface area contributed by atoms with Crippen molar-refractivity contribution in [2.75, 3.05) is 38.2 Å². The number of para-hydroxylation sites is 1. The van der Waals surface area contributed by atoms with E-state index in [1.807, 2.05) is 30.1 Å². The van der Waals surface area contributed by atoms with Crippen LogP contribution in [0.4, 0.5) is 10.5 Å². The van der Waals surface area contributed by atoms with Gasteiger partial charge in [0.1, 0.15) is 0 Å². The number of carbonyl (C=O) groups is 1. The predicted molar refractivity (Wildman–Crippen MR) is 89.1 cm³/mol. The van der Waals surface area contributed by atoms with Crippen LogP contribution in [0.1, 0.15) is 19.8 Å². The van der Waals surface area contributed by atoms with Gasteiger partial charge in [-0.2, -0.15) is 0 Å². The van der Waals surface area contributed by atoms with Gasteiger partial charge in [0.15, 0.2) is 0 Å². The number of carbonyl (C=O) groups excluding carboxylic acids is 1. The van der Waals surface area contributed by atoms with Crippen LogP contribution in [0.2, 0.25) is 0 Å². The minimum absolute atomic E-state index is 0.0218. The van der Waals surface area contributed by atoms with E-state index in [0.717, 1.165) is 25.1 Å². The molecule has 5 nitrogen and oxygen atoms in total. The van der Waals surface area contributed by atoms with Gasteiger partial charge in [-0.3, -0.25) is 0 Å². The number of benzene rings is 1. The molecule has 1 saturated heterocycles. The third kappa shape index (κ3) is 4.37. The molecule has 2 atom stereocenters. The maximum Gasteiger partial charge on any atom is 0.317 e. The van der Waals surface area contributed by atoms with E-state index in [1.165, 1.54) is 0 Å². The predicted octanol–water partition coefficient (Wildman–Crippen LogP) is 1.93. The molecule has 1 aliphatic heterocycles. The number of amides is 2. The van der Waals surface area contributed by atoms with Gasteiger partial charge in [-0.25, -0.2) is 4.79 Å². The average molecular weight is 305 g/mol. The molecule has 0 unspecified atom stereocenters. The lowest BCUT2D eigenvalue weighted by atomic mass is 9.99. The highest BCUT2D eigenvalue weighted by Crippen LogP contribution is 2.16. The second kappa shape index (κ2) is 8.03. The Hall–Kier alpha value is -1.75. The number of nitrogens with zero attached hydrogens (tertiary/aromatic N) is 2. The monoisotopic (exact) mass is 305 g/mol. The number of hydrogen-bond acceptors (Lipinski definition) is 3. The zero-order valence-corrected chi connectivity index (χ0v) is 13.5. The van der Waals surface area contributed by atoms with Crippen LogP contribution in [0.3, 0.4) is 0 Å². The van der Waals surface area contributed by atoms with Gasteiger partial charge < -0.3 is 20.2 Å². The third-order valence-electron chi connectivity index (χ3n) is 4.44. The molecule has 1 aromatic rings. The molecule has 0 aliphatic carbocycles. The lowest BCUT2D eigenvalue weighted by molar-refractivity contribution is 0.129. The minimum atomic E-state index is -0.0218. The number of anilines is 1. The van der Waals surface area contributed by atoms with Crippen molar-refractivity contribution in [2.24, 2.45) is 5.92 Å². The van der Waals surface area contributed by atoms with Crippen LogP contribution in [0, 0.1) is 5.92 Å². The summed E-state index contributed by atoms with van der Waals surface area (Å²) in [5.74, 6) is 0.226. The van der Waals surface area contributed by atoms with Crippen molar-refractivity contribution in [1.82, 2.24) is 10.2 Å². The number of nitrogens with one attached hydrogen (secondary N) is 1. The smallest absolute Gasteiger partial charge is 0.317 e. The standard InChI is InChI=1S/C17H27N3O2/c1-14(19(2)16-8-4-3-5-9-16)11-18-17(22)20-10-6-7-15(12-20)13-21/h3-5,8-9,14-15,21H,6-7,10-13H2,1-2H3,(H,18,22)/t14-,15-/m0/s1.